The third-order valence-electron chi connectivity index (χ3n) is 12.3. The number of hydrogen-bond donors (Lipinski definition) is 0. The molecular formula is C55H36N4S. The summed E-state index contributed by atoms with van der Waals surface area (Å²) < 4.78 is 2.57. The summed E-state index contributed by atoms with van der Waals surface area (Å²) in [6, 6.07) is 64.7. The Labute approximate surface area is 351 Å². The number of nitrogens with zero attached hydrogens (tertiary/aromatic N) is 4. The molecule has 0 atom stereocenters. The number of thiophene rings is 1. The maximum Gasteiger partial charge on any atom is 0.164 e. The second kappa shape index (κ2) is 13.3. The molecule has 0 saturated carbocycles. The zero-order chi connectivity index (χ0) is 40.0. The molecule has 5 heteroatoms. The first kappa shape index (κ1) is 34.7. The van der Waals surface area contributed by atoms with Crippen LogP contribution in [-0.2, 0) is 5.41 Å². The van der Waals surface area contributed by atoms with Crippen LogP contribution in [0.5, 0.6) is 0 Å². The van der Waals surface area contributed by atoms with Gasteiger partial charge in [0.1, 0.15) is 0 Å². The van der Waals surface area contributed by atoms with E-state index in [9.17, 15) is 0 Å². The van der Waals surface area contributed by atoms with E-state index in [-0.39, 0.29) is 5.41 Å². The highest BCUT2D eigenvalue weighted by atomic mass is 32.1. The fourth-order valence-corrected chi connectivity index (χ4v) is 10.4. The topological polar surface area (TPSA) is 51.6 Å². The highest BCUT2D eigenvalue weighted by molar-refractivity contribution is 7.26. The fourth-order valence-electron chi connectivity index (χ4n) is 9.33. The van der Waals surface area contributed by atoms with Crippen molar-refractivity contribution in [1.82, 2.24) is 19.9 Å². The summed E-state index contributed by atoms with van der Waals surface area (Å²) in [7, 11) is 0. The van der Waals surface area contributed by atoms with Gasteiger partial charge in [0.2, 0.25) is 0 Å². The van der Waals surface area contributed by atoms with Crippen LogP contribution in [0, 0.1) is 0 Å². The fraction of sp³-hybridized carbons (Fsp3) is 0.0545. The van der Waals surface area contributed by atoms with Gasteiger partial charge in [-0.1, -0.05) is 166 Å². The molecular weight excluding hydrogens is 749 g/mol. The van der Waals surface area contributed by atoms with Crippen LogP contribution in [0.25, 0.3) is 110 Å². The molecule has 282 valence electrons. The zero-order valence-corrected chi connectivity index (χ0v) is 33.8. The van der Waals surface area contributed by atoms with Gasteiger partial charge in [0, 0.05) is 64.0 Å². The number of rotatable bonds is 5. The standard InChI is InChI=1S/C55H36N4S/c1-55(2)44-19-11-9-17-39(44)42-32-38(25-28-45(42)55)54-58-52(35-15-7-4-8-16-35)57-53(59-54)36-23-21-33(22-24-36)37-26-29-46-43(31-37)49-41(51(56-46)34-13-5-3-6-14-34)27-30-48-50(49)40-18-10-12-20-47(40)60-48/h3-32H,1-2H3. The quantitative estimate of drug-likeness (QED) is 0.163. The molecule has 0 unspecified atom stereocenters. The van der Waals surface area contributed by atoms with E-state index in [2.05, 4.69) is 178 Å². The van der Waals surface area contributed by atoms with Crippen LogP contribution >= 0.6 is 11.3 Å². The van der Waals surface area contributed by atoms with Crippen LogP contribution in [0.15, 0.2) is 182 Å². The van der Waals surface area contributed by atoms with Crippen LogP contribution in [0.3, 0.4) is 0 Å². The van der Waals surface area contributed by atoms with Crippen LogP contribution < -0.4 is 0 Å². The van der Waals surface area contributed by atoms with Crippen LogP contribution in [0.2, 0.25) is 0 Å². The molecule has 0 bridgehead atoms. The summed E-state index contributed by atoms with van der Waals surface area (Å²) in [5.41, 5.74) is 13.3. The average Bonchev–Trinajstić information content (AvgIpc) is 3.80. The van der Waals surface area contributed by atoms with Crippen molar-refractivity contribution < 1.29 is 0 Å². The monoisotopic (exact) mass is 784 g/mol. The Bertz CT molecular complexity index is 3500. The van der Waals surface area contributed by atoms with E-state index in [1.807, 2.05) is 29.5 Å². The Morgan fingerprint density at radius 1 is 0.367 bits per heavy atom. The van der Waals surface area contributed by atoms with E-state index in [1.165, 1.54) is 47.8 Å². The lowest BCUT2D eigenvalue weighted by Gasteiger charge is -2.21. The van der Waals surface area contributed by atoms with Crippen LogP contribution in [0.1, 0.15) is 25.0 Å². The van der Waals surface area contributed by atoms with Gasteiger partial charge in [-0.2, -0.15) is 0 Å². The minimum Gasteiger partial charge on any atom is -0.247 e. The van der Waals surface area contributed by atoms with Crippen LogP contribution in [-0.4, -0.2) is 19.9 Å². The molecule has 0 amide bonds. The molecule has 3 heterocycles. The maximum absolute atomic E-state index is 5.32. The highest BCUT2D eigenvalue weighted by Gasteiger charge is 2.35. The van der Waals surface area contributed by atoms with Gasteiger partial charge < -0.3 is 0 Å². The summed E-state index contributed by atoms with van der Waals surface area (Å²) in [5.74, 6) is 1.95. The van der Waals surface area contributed by atoms with Crippen molar-refractivity contribution in [2.45, 2.75) is 19.3 Å². The lowest BCUT2D eigenvalue weighted by molar-refractivity contribution is 0.660. The smallest absolute Gasteiger partial charge is 0.164 e. The average molecular weight is 785 g/mol. The van der Waals surface area contributed by atoms with Crippen molar-refractivity contribution in [2.75, 3.05) is 0 Å². The molecule has 4 nitrogen and oxygen atoms in total. The zero-order valence-electron chi connectivity index (χ0n) is 33.0. The molecule has 1 aliphatic carbocycles. The molecule has 12 rings (SSSR count). The second-order valence-corrected chi connectivity index (χ2v) is 17.3. The molecule has 0 radical (unpaired) electrons. The second-order valence-electron chi connectivity index (χ2n) is 16.2. The number of fused-ring (bicyclic) bond motifs is 10. The number of pyridine rings is 1. The van der Waals surface area contributed by atoms with Crippen molar-refractivity contribution in [3.05, 3.63) is 193 Å². The van der Waals surface area contributed by atoms with E-state index in [4.69, 9.17) is 19.9 Å². The Hall–Kier alpha value is -7.34. The number of benzene rings is 8. The van der Waals surface area contributed by atoms with E-state index >= 15 is 0 Å². The lowest BCUT2D eigenvalue weighted by atomic mass is 9.82. The van der Waals surface area contributed by atoms with Crippen molar-refractivity contribution in [1.29, 1.82) is 0 Å². The predicted molar refractivity (Wildman–Crippen MR) is 250 cm³/mol. The SMILES string of the molecule is CC1(C)c2ccccc2-c2cc(-c3nc(-c4ccccc4)nc(-c4ccc(-c5ccc6nc(-c7ccccc7)c7ccc8sc9ccccc9c8c7c6c5)cc4)n3)ccc21. The van der Waals surface area contributed by atoms with E-state index in [1.54, 1.807) is 0 Å². The lowest BCUT2D eigenvalue weighted by Crippen LogP contribution is -2.14. The van der Waals surface area contributed by atoms with Gasteiger partial charge in [-0.25, -0.2) is 19.9 Å². The summed E-state index contributed by atoms with van der Waals surface area (Å²) in [5, 5.41) is 6.13. The van der Waals surface area contributed by atoms with Gasteiger partial charge in [-0.3, -0.25) is 0 Å². The highest BCUT2D eigenvalue weighted by Crippen LogP contribution is 2.49. The Morgan fingerprint density at radius 2 is 0.967 bits per heavy atom. The summed E-state index contributed by atoms with van der Waals surface area (Å²) >= 11 is 1.85. The molecule has 0 aliphatic heterocycles. The molecule has 0 fully saturated rings. The normalized spacial score (nSPS) is 13.0. The van der Waals surface area contributed by atoms with E-state index in [0.717, 1.165) is 55.4 Å². The molecule has 0 N–H and O–H groups in total. The summed E-state index contributed by atoms with van der Waals surface area (Å²) in [6.45, 7) is 4.61. The molecule has 11 aromatic rings. The third-order valence-corrected chi connectivity index (χ3v) is 13.5. The summed E-state index contributed by atoms with van der Waals surface area (Å²) in [6.07, 6.45) is 0. The van der Waals surface area contributed by atoms with Gasteiger partial charge >= 0.3 is 0 Å². The Balaban J connectivity index is 0.987. The van der Waals surface area contributed by atoms with Gasteiger partial charge in [-0.05, 0) is 63.7 Å². The van der Waals surface area contributed by atoms with Crippen molar-refractivity contribution in [2.24, 2.45) is 0 Å². The molecule has 0 spiro atoms. The minimum atomic E-state index is -0.0735. The largest absolute Gasteiger partial charge is 0.247 e. The molecule has 8 aromatic carbocycles. The van der Waals surface area contributed by atoms with Crippen LogP contribution in [0.4, 0.5) is 0 Å². The van der Waals surface area contributed by atoms with Crippen molar-refractivity contribution in [3.63, 3.8) is 0 Å². The summed E-state index contributed by atoms with van der Waals surface area (Å²) in [4.78, 5) is 20.6. The van der Waals surface area contributed by atoms with Crippen molar-refractivity contribution in [3.8, 4) is 67.7 Å². The first-order valence-corrected chi connectivity index (χ1v) is 21.2. The molecule has 3 aromatic heterocycles. The number of hydrogen-bond acceptors (Lipinski definition) is 5. The van der Waals surface area contributed by atoms with Gasteiger partial charge in [0.15, 0.2) is 17.5 Å². The number of aromatic nitrogens is 4. The van der Waals surface area contributed by atoms with E-state index in [0.29, 0.717) is 17.5 Å². The minimum absolute atomic E-state index is 0.0735. The predicted octanol–water partition coefficient (Wildman–Crippen LogP) is 14.6. The molecule has 1 aliphatic rings. The Morgan fingerprint density at radius 3 is 1.75 bits per heavy atom. The van der Waals surface area contributed by atoms with Gasteiger partial charge in [0.05, 0.1) is 11.2 Å². The van der Waals surface area contributed by atoms with E-state index < -0.39 is 0 Å². The maximum atomic E-state index is 5.32. The third kappa shape index (κ3) is 5.43. The van der Waals surface area contributed by atoms with Gasteiger partial charge in [0.25, 0.3) is 0 Å². The first-order valence-electron chi connectivity index (χ1n) is 20.4. The Kier molecular flexibility index (Phi) is 7.72. The van der Waals surface area contributed by atoms with Gasteiger partial charge in [-0.15, -0.1) is 11.3 Å². The molecule has 0 saturated heterocycles. The van der Waals surface area contributed by atoms with Crippen molar-refractivity contribution >= 4 is 53.2 Å². The molecule has 60 heavy (non-hydrogen) atoms. The first-order chi connectivity index (χ1) is 29.5.